The van der Waals surface area contributed by atoms with Gasteiger partial charge in [0.2, 0.25) is 0 Å². The van der Waals surface area contributed by atoms with E-state index in [0.717, 1.165) is 16.6 Å². The monoisotopic (exact) mass is 142 g/mol. The summed E-state index contributed by atoms with van der Waals surface area (Å²) in [5.41, 5.74) is 0.801. The smallest absolute Gasteiger partial charge is 0.00586 e. The number of fused-ring (bicyclic) bond motifs is 1. The molecule has 0 aromatic heterocycles. The molecule has 2 saturated heterocycles. The van der Waals surface area contributed by atoms with Crippen molar-refractivity contribution < 1.29 is 0 Å². The molecule has 0 N–H and O–H groups in total. The van der Waals surface area contributed by atoms with Crippen LogP contribution in [0.25, 0.3) is 0 Å². The Morgan fingerprint density at radius 3 is 2.33 bits per heavy atom. The summed E-state index contributed by atoms with van der Waals surface area (Å²) in [5.74, 6) is 2.39. The van der Waals surface area contributed by atoms with Crippen molar-refractivity contribution in [2.24, 2.45) is 11.3 Å². The minimum Gasteiger partial charge on any atom is -0.158 e. The van der Waals surface area contributed by atoms with E-state index in [-0.39, 0.29) is 0 Å². The molecule has 3 rings (SSSR count). The topological polar surface area (TPSA) is 0 Å². The van der Waals surface area contributed by atoms with Crippen LogP contribution < -0.4 is 0 Å². The molecule has 3 aliphatic rings. The molecule has 0 unspecified atom stereocenters. The lowest BCUT2D eigenvalue weighted by molar-refractivity contribution is 0.127. The zero-order valence-electron chi connectivity index (χ0n) is 6.18. The summed E-state index contributed by atoms with van der Waals surface area (Å²) in [6.45, 7) is 4.75. The van der Waals surface area contributed by atoms with Gasteiger partial charge >= 0.3 is 0 Å². The van der Waals surface area contributed by atoms with E-state index in [9.17, 15) is 0 Å². The Morgan fingerprint density at radius 1 is 1.44 bits per heavy atom. The second-order valence-electron chi connectivity index (χ2n) is 3.86. The van der Waals surface area contributed by atoms with Crippen LogP contribution >= 0.6 is 11.8 Å². The summed E-state index contributed by atoms with van der Waals surface area (Å²) in [4.78, 5) is 0. The van der Waals surface area contributed by atoms with Crippen LogP contribution in [0.1, 0.15) is 26.7 Å². The Kier molecular flexibility index (Phi) is 1.14. The van der Waals surface area contributed by atoms with E-state index in [0.29, 0.717) is 0 Å². The lowest BCUT2D eigenvalue weighted by Crippen LogP contribution is -2.37. The highest BCUT2D eigenvalue weighted by molar-refractivity contribution is 8.00. The summed E-state index contributed by atoms with van der Waals surface area (Å²) in [6, 6.07) is 0. The lowest BCUT2D eigenvalue weighted by Gasteiger charge is -2.40. The maximum atomic E-state index is 2.38. The van der Waals surface area contributed by atoms with Gasteiger partial charge in [0.05, 0.1) is 0 Å². The third-order valence-electron chi connectivity index (χ3n) is 3.10. The van der Waals surface area contributed by atoms with E-state index in [1.165, 1.54) is 18.6 Å². The van der Waals surface area contributed by atoms with Gasteiger partial charge in [-0.25, -0.2) is 0 Å². The van der Waals surface area contributed by atoms with Crippen LogP contribution in [0.15, 0.2) is 0 Å². The second-order valence-corrected chi connectivity index (χ2v) is 5.15. The van der Waals surface area contributed by atoms with Crippen molar-refractivity contribution in [2.45, 2.75) is 31.9 Å². The Morgan fingerprint density at radius 2 is 2.11 bits per heavy atom. The van der Waals surface area contributed by atoms with Gasteiger partial charge in [-0.2, -0.15) is 11.8 Å². The molecule has 1 aliphatic carbocycles. The van der Waals surface area contributed by atoms with Gasteiger partial charge in [-0.15, -0.1) is 0 Å². The van der Waals surface area contributed by atoms with Crippen molar-refractivity contribution in [3.8, 4) is 0 Å². The van der Waals surface area contributed by atoms with E-state index >= 15 is 0 Å². The summed E-state index contributed by atoms with van der Waals surface area (Å²) in [5, 5.41) is 1.06. The van der Waals surface area contributed by atoms with E-state index < -0.39 is 0 Å². The fraction of sp³-hybridized carbons (Fsp3) is 1.00. The summed E-state index contributed by atoms with van der Waals surface area (Å²) >= 11 is 2.20. The summed E-state index contributed by atoms with van der Waals surface area (Å²) in [7, 11) is 0. The molecule has 0 aromatic carbocycles. The van der Waals surface area contributed by atoms with Crippen LogP contribution in [-0.4, -0.2) is 11.0 Å². The zero-order chi connectivity index (χ0) is 6.48. The van der Waals surface area contributed by atoms with Crippen molar-refractivity contribution in [3.05, 3.63) is 0 Å². The number of hydrogen-bond donors (Lipinski definition) is 0. The van der Waals surface area contributed by atoms with Gasteiger partial charge in [0.15, 0.2) is 0 Å². The van der Waals surface area contributed by atoms with Crippen LogP contribution in [-0.2, 0) is 0 Å². The predicted molar refractivity (Wildman–Crippen MR) is 42.8 cm³/mol. The van der Waals surface area contributed by atoms with Crippen molar-refractivity contribution in [1.82, 2.24) is 0 Å². The molecule has 0 radical (unpaired) electrons. The van der Waals surface area contributed by atoms with Gasteiger partial charge in [0.25, 0.3) is 0 Å². The average Bonchev–Trinajstić information content (AvgIpc) is 2.13. The minimum absolute atomic E-state index is 0.801. The van der Waals surface area contributed by atoms with Crippen LogP contribution in [0, 0.1) is 11.3 Å². The van der Waals surface area contributed by atoms with Gasteiger partial charge in [-0.3, -0.25) is 0 Å². The summed E-state index contributed by atoms with van der Waals surface area (Å²) in [6.07, 6.45) is 3.05. The third kappa shape index (κ3) is 0.674. The Balaban J connectivity index is 2.10. The molecular weight excluding hydrogens is 128 g/mol. The third-order valence-corrected chi connectivity index (χ3v) is 4.65. The molecule has 1 saturated carbocycles. The molecule has 0 atom stereocenters. The summed E-state index contributed by atoms with van der Waals surface area (Å²) < 4.78 is 0. The van der Waals surface area contributed by atoms with Gasteiger partial charge in [-0.1, -0.05) is 13.8 Å². The Bertz CT molecular complexity index is 117. The molecule has 0 nitrogen and oxygen atoms in total. The number of thioether (sulfide) groups is 1. The first kappa shape index (κ1) is 6.09. The highest BCUT2D eigenvalue weighted by Crippen LogP contribution is 2.60. The molecule has 52 valence electrons. The van der Waals surface area contributed by atoms with Crippen molar-refractivity contribution >= 4 is 11.8 Å². The van der Waals surface area contributed by atoms with Crippen molar-refractivity contribution in [2.75, 3.05) is 5.75 Å². The first-order valence-corrected chi connectivity index (χ1v) is 4.89. The SMILES string of the molecule is CC(C)C12CSC(C1)C2. The van der Waals surface area contributed by atoms with Crippen molar-refractivity contribution in [3.63, 3.8) is 0 Å². The number of rotatable bonds is 1. The number of hydrogen-bond acceptors (Lipinski definition) is 1. The van der Waals surface area contributed by atoms with Crippen LogP contribution in [0.3, 0.4) is 0 Å². The molecule has 9 heavy (non-hydrogen) atoms. The largest absolute Gasteiger partial charge is 0.158 e. The lowest BCUT2D eigenvalue weighted by atomic mass is 9.64. The molecular formula is C8H14S. The van der Waals surface area contributed by atoms with E-state index in [1.807, 2.05) is 0 Å². The molecule has 0 spiro atoms. The minimum atomic E-state index is 0.801. The van der Waals surface area contributed by atoms with E-state index in [4.69, 9.17) is 0 Å². The molecule has 2 bridgehead atoms. The van der Waals surface area contributed by atoms with Crippen LogP contribution in [0.4, 0.5) is 0 Å². The second kappa shape index (κ2) is 1.69. The van der Waals surface area contributed by atoms with Gasteiger partial charge < -0.3 is 0 Å². The predicted octanol–water partition coefficient (Wildman–Crippen LogP) is 2.54. The fourth-order valence-electron chi connectivity index (χ4n) is 2.00. The fourth-order valence-corrected chi connectivity index (χ4v) is 4.04. The molecule has 0 amide bonds. The normalized spacial score (nSPS) is 47.7. The Labute approximate surface area is 61.4 Å². The molecule has 2 aliphatic heterocycles. The van der Waals surface area contributed by atoms with Crippen LogP contribution in [0.2, 0.25) is 0 Å². The highest BCUT2D eigenvalue weighted by atomic mass is 32.2. The molecule has 1 heteroatoms. The highest BCUT2D eigenvalue weighted by Gasteiger charge is 2.52. The quantitative estimate of drug-likeness (QED) is 0.542. The van der Waals surface area contributed by atoms with Crippen molar-refractivity contribution in [1.29, 1.82) is 0 Å². The first-order chi connectivity index (χ1) is 4.23. The Hall–Kier alpha value is 0.350. The first-order valence-electron chi connectivity index (χ1n) is 3.84. The van der Waals surface area contributed by atoms with E-state index in [1.54, 1.807) is 0 Å². The zero-order valence-corrected chi connectivity index (χ0v) is 7.00. The standard InChI is InChI=1S/C8H14S/c1-6(2)8-3-7(4-8)9-5-8/h6-7H,3-5H2,1-2H3. The maximum absolute atomic E-state index is 2.38. The average molecular weight is 142 g/mol. The van der Waals surface area contributed by atoms with E-state index in [2.05, 4.69) is 25.6 Å². The molecule has 2 heterocycles. The van der Waals surface area contributed by atoms with Gasteiger partial charge in [-0.05, 0) is 29.9 Å². The maximum Gasteiger partial charge on any atom is 0.00586 e. The molecule has 0 aromatic rings. The van der Waals surface area contributed by atoms with Gasteiger partial charge in [0, 0.05) is 5.25 Å². The van der Waals surface area contributed by atoms with Gasteiger partial charge in [0.1, 0.15) is 0 Å². The molecule has 3 fully saturated rings. The van der Waals surface area contributed by atoms with Crippen LogP contribution in [0.5, 0.6) is 0 Å².